The Hall–Kier alpha value is -0.980. The molecule has 7 heteroatoms. The molecule has 1 amide bonds. The van der Waals surface area contributed by atoms with Crippen molar-refractivity contribution in [2.75, 3.05) is 13.2 Å². The monoisotopic (exact) mass is 402 g/mol. The molecule has 3 aliphatic heterocycles. The zero-order valence-corrected chi connectivity index (χ0v) is 15.0. The third-order valence-electron chi connectivity index (χ3n) is 4.67. The van der Waals surface area contributed by atoms with Crippen LogP contribution in [0, 0.1) is 0 Å². The highest BCUT2D eigenvalue weighted by Crippen LogP contribution is 2.38. The Kier molecular flexibility index (Phi) is 5.04. The molecule has 0 aliphatic carbocycles. The molecule has 126 valence electrons. The fourth-order valence-electron chi connectivity index (χ4n) is 3.69. The molecule has 0 saturated carbocycles. The number of fused-ring (bicyclic) bond motifs is 3. The molecule has 3 aliphatic rings. The number of hydrogen-bond acceptors (Lipinski definition) is 4. The zero-order chi connectivity index (χ0) is 15.1. The molecule has 23 heavy (non-hydrogen) atoms. The molecule has 2 bridgehead atoms. The first-order valence-corrected chi connectivity index (χ1v) is 8.64. The normalized spacial score (nSPS) is 28.0. The van der Waals surface area contributed by atoms with Crippen molar-refractivity contribution in [2.24, 2.45) is 0 Å². The number of rotatable bonds is 2. The molecule has 0 spiro atoms. The number of carbonyl (C=O) groups is 1. The fraction of sp³-hybridized carbons (Fsp3) is 0.562. The van der Waals surface area contributed by atoms with Crippen LogP contribution < -0.4 is 20.1 Å². The van der Waals surface area contributed by atoms with Crippen molar-refractivity contribution in [3.8, 4) is 11.5 Å². The first kappa shape index (κ1) is 16.9. The summed E-state index contributed by atoms with van der Waals surface area (Å²) in [6, 6.07) is 4.97. The van der Waals surface area contributed by atoms with Crippen LogP contribution in [0.4, 0.5) is 0 Å². The number of benzene rings is 1. The maximum atomic E-state index is 12.5. The van der Waals surface area contributed by atoms with Gasteiger partial charge < -0.3 is 20.1 Å². The van der Waals surface area contributed by atoms with Gasteiger partial charge in [0.1, 0.15) is 13.2 Å². The molecule has 2 unspecified atom stereocenters. The highest BCUT2D eigenvalue weighted by Gasteiger charge is 2.34. The van der Waals surface area contributed by atoms with E-state index in [1.165, 1.54) is 12.8 Å². The Labute approximate surface area is 150 Å². The average Bonchev–Trinajstić information content (AvgIpc) is 2.86. The van der Waals surface area contributed by atoms with E-state index >= 15 is 0 Å². The van der Waals surface area contributed by atoms with Gasteiger partial charge in [0, 0.05) is 23.7 Å². The standard InChI is InChI=1S/C16H19BrN2O3.ClH/c17-13-5-9(6-14-15(13)22-4-3-21-14)16(20)19-12-7-10-1-2-11(8-12)18-10;/h5-6,10-12,18H,1-4,7-8H2,(H,19,20);1H. The molecule has 2 saturated heterocycles. The minimum absolute atomic E-state index is 0. The lowest BCUT2D eigenvalue weighted by Crippen LogP contribution is -2.48. The van der Waals surface area contributed by atoms with Gasteiger partial charge in [0.2, 0.25) is 0 Å². The first-order chi connectivity index (χ1) is 10.7. The van der Waals surface area contributed by atoms with E-state index in [4.69, 9.17) is 9.47 Å². The Balaban J connectivity index is 0.00000156. The van der Waals surface area contributed by atoms with E-state index in [-0.39, 0.29) is 24.4 Å². The van der Waals surface area contributed by atoms with Gasteiger partial charge in [-0.1, -0.05) is 0 Å². The van der Waals surface area contributed by atoms with Crippen molar-refractivity contribution in [1.29, 1.82) is 0 Å². The van der Waals surface area contributed by atoms with Crippen molar-refractivity contribution < 1.29 is 14.3 Å². The van der Waals surface area contributed by atoms with E-state index in [1.807, 2.05) is 0 Å². The van der Waals surface area contributed by atoms with Crippen molar-refractivity contribution >= 4 is 34.2 Å². The summed E-state index contributed by atoms with van der Waals surface area (Å²) in [4.78, 5) is 12.5. The highest BCUT2D eigenvalue weighted by molar-refractivity contribution is 9.10. The highest BCUT2D eigenvalue weighted by atomic mass is 79.9. The Morgan fingerprint density at radius 2 is 1.87 bits per heavy atom. The van der Waals surface area contributed by atoms with E-state index in [0.717, 1.165) is 17.3 Å². The van der Waals surface area contributed by atoms with Gasteiger partial charge in [-0.05, 0) is 53.7 Å². The second-order valence-corrected chi connectivity index (χ2v) is 7.12. The number of halogens is 2. The maximum Gasteiger partial charge on any atom is 0.251 e. The molecule has 2 fully saturated rings. The van der Waals surface area contributed by atoms with Crippen molar-refractivity contribution in [1.82, 2.24) is 10.6 Å². The molecule has 0 aromatic heterocycles. The van der Waals surface area contributed by atoms with Crippen LogP contribution in [0.1, 0.15) is 36.0 Å². The second-order valence-electron chi connectivity index (χ2n) is 6.26. The van der Waals surface area contributed by atoms with Gasteiger partial charge in [0.25, 0.3) is 5.91 Å². The lowest BCUT2D eigenvalue weighted by Gasteiger charge is -2.29. The minimum atomic E-state index is -0.0380. The van der Waals surface area contributed by atoms with Gasteiger partial charge in [-0.15, -0.1) is 12.4 Å². The quantitative estimate of drug-likeness (QED) is 0.797. The van der Waals surface area contributed by atoms with E-state index in [2.05, 4.69) is 26.6 Å². The lowest BCUT2D eigenvalue weighted by atomic mass is 9.99. The summed E-state index contributed by atoms with van der Waals surface area (Å²) in [5.41, 5.74) is 0.613. The summed E-state index contributed by atoms with van der Waals surface area (Å²) < 4.78 is 11.9. The molecule has 2 atom stereocenters. The van der Waals surface area contributed by atoms with Crippen LogP contribution >= 0.6 is 28.3 Å². The van der Waals surface area contributed by atoms with Crippen LogP contribution in [0.3, 0.4) is 0 Å². The molecule has 1 aromatic rings. The van der Waals surface area contributed by atoms with Crippen molar-refractivity contribution in [2.45, 2.75) is 43.8 Å². The molecule has 4 rings (SSSR count). The summed E-state index contributed by atoms with van der Waals surface area (Å²) in [5, 5.41) is 6.76. The van der Waals surface area contributed by atoms with Gasteiger partial charge in [0.15, 0.2) is 11.5 Å². The van der Waals surface area contributed by atoms with Gasteiger partial charge >= 0.3 is 0 Å². The smallest absolute Gasteiger partial charge is 0.251 e. The van der Waals surface area contributed by atoms with Crippen LogP contribution in [-0.4, -0.2) is 37.2 Å². The minimum Gasteiger partial charge on any atom is -0.486 e. The van der Waals surface area contributed by atoms with Crippen LogP contribution in [0.2, 0.25) is 0 Å². The van der Waals surface area contributed by atoms with E-state index in [1.54, 1.807) is 12.1 Å². The SMILES string of the molecule is Cl.O=C(NC1CC2CCC(C1)N2)c1cc(Br)c2c(c1)OCCO2. The summed E-state index contributed by atoms with van der Waals surface area (Å²) >= 11 is 3.46. The summed E-state index contributed by atoms with van der Waals surface area (Å²) in [6.07, 6.45) is 4.50. The average molecular weight is 404 g/mol. The van der Waals surface area contributed by atoms with Gasteiger partial charge in [-0.3, -0.25) is 4.79 Å². The molecule has 0 radical (unpaired) electrons. The molecule has 1 aromatic carbocycles. The van der Waals surface area contributed by atoms with Crippen molar-refractivity contribution in [3.05, 3.63) is 22.2 Å². The first-order valence-electron chi connectivity index (χ1n) is 7.85. The lowest BCUT2D eigenvalue weighted by molar-refractivity contribution is 0.0922. The third kappa shape index (κ3) is 3.44. The predicted molar refractivity (Wildman–Crippen MR) is 92.8 cm³/mol. The topological polar surface area (TPSA) is 59.6 Å². The van der Waals surface area contributed by atoms with Gasteiger partial charge in [-0.25, -0.2) is 0 Å². The Morgan fingerprint density at radius 3 is 2.61 bits per heavy atom. The van der Waals surface area contributed by atoms with Gasteiger partial charge in [0.05, 0.1) is 4.47 Å². The summed E-state index contributed by atoms with van der Waals surface area (Å²) in [7, 11) is 0. The van der Waals surface area contributed by atoms with Crippen LogP contribution in [0.5, 0.6) is 11.5 Å². The molecule has 2 N–H and O–H groups in total. The van der Waals surface area contributed by atoms with Gasteiger partial charge in [-0.2, -0.15) is 0 Å². The summed E-state index contributed by atoms with van der Waals surface area (Å²) in [6.45, 7) is 1.05. The van der Waals surface area contributed by atoms with Crippen LogP contribution in [0.15, 0.2) is 16.6 Å². The largest absolute Gasteiger partial charge is 0.486 e. The number of nitrogens with one attached hydrogen (secondary N) is 2. The van der Waals surface area contributed by atoms with Crippen LogP contribution in [-0.2, 0) is 0 Å². The predicted octanol–water partition coefficient (Wildman–Crippen LogP) is 2.65. The molecule has 5 nitrogen and oxygen atoms in total. The second kappa shape index (κ2) is 6.87. The Morgan fingerprint density at radius 1 is 1.17 bits per heavy atom. The number of hydrogen-bond donors (Lipinski definition) is 2. The van der Waals surface area contributed by atoms with Crippen LogP contribution in [0.25, 0.3) is 0 Å². The van der Waals surface area contributed by atoms with E-state index in [0.29, 0.717) is 42.4 Å². The third-order valence-corrected chi connectivity index (χ3v) is 5.26. The zero-order valence-electron chi connectivity index (χ0n) is 12.6. The van der Waals surface area contributed by atoms with E-state index in [9.17, 15) is 4.79 Å². The molecular formula is C16H20BrClN2O3. The maximum absolute atomic E-state index is 12.5. The molecule has 3 heterocycles. The number of piperidine rings is 1. The number of amides is 1. The summed E-state index contributed by atoms with van der Waals surface area (Å²) in [5.74, 6) is 1.28. The van der Waals surface area contributed by atoms with Crippen molar-refractivity contribution in [3.63, 3.8) is 0 Å². The number of ether oxygens (including phenoxy) is 2. The number of carbonyl (C=O) groups excluding carboxylic acids is 1. The van der Waals surface area contributed by atoms with E-state index < -0.39 is 0 Å². The molecular weight excluding hydrogens is 384 g/mol. The fourth-order valence-corrected chi connectivity index (χ4v) is 4.24. The Bertz CT molecular complexity index is 601.